The molecule has 1 saturated heterocycles. The molecule has 1 saturated carbocycles. The maximum absolute atomic E-state index is 3.97. The molecule has 0 aromatic rings. The van der Waals surface area contributed by atoms with Gasteiger partial charge in [-0.25, -0.2) is 0 Å². The van der Waals surface area contributed by atoms with Gasteiger partial charge in [0.05, 0.1) is 0 Å². The molecular formula is C12H22N. The lowest BCUT2D eigenvalue weighted by atomic mass is 9.68. The summed E-state index contributed by atoms with van der Waals surface area (Å²) in [6.45, 7) is 7.60. The van der Waals surface area contributed by atoms with E-state index >= 15 is 0 Å². The van der Waals surface area contributed by atoms with Crippen molar-refractivity contribution < 1.29 is 0 Å². The number of piperidine rings is 1. The van der Waals surface area contributed by atoms with Crippen LogP contribution in [0.4, 0.5) is 0 Å². The van der Waals surface area contributed by atoms with Crippen LogP contribution in [0.2, 0.25) is 0 Å². The third kappa shape index (κ3) is 2.07. The highest BCUT2D eigenvalue weighted by Crippen LogP contribution is 2.44. The fourth-order valence-corrected chi connectivity index (χ4v) is 3.05. The fraction of sp³-hybridized carbons (Fsp3) is 0.917. The lowest BCUT2D eigenvalue weighted by Gasteiger charge is -2.44. The lowest BCUT2D eigenvalue weighted by Crippen LogP contribution is -2.40. The summed E-state index contributed by atoms with van der Waals surface area (Å²) in [4.78, 5) is 2.50. The minimum Gasteiger partial charge on any atom is -0.303 e. The van der Waals surface area contributed by atoms with Crippen molar-refractivity contribution in [3.8, 4) is 0 Å². The van der Waals surface area contributed by atoms with Crippen LogP contribution < -0.4 is 0 Å². The Balaban J connectivity index is 1.87. The summed E-state index contributed by atoms with van der Waals surface area (Å²) >= 11 is 0. The first-order chi connectivity index (χ1) is 6.35. The Morgan fingerprint density at radius 3 is 2.08 bits per heavy atom. The van der Waals surface area contributed by atoms with Gasteiger partial charge in [0.15, 0.2) is 0 Å². The van der Waals surface area contributed by atoms with Crippen molar-refractivity contribution in [1.82, 2.24) is 4.90 Å². The highest BCUT2D eigenvalue weighted by atomic mass is 15.1. The zero-order valence-electron chi connectivity index (χ0n) is 8.73. The standard InChI is InChI=1S/C12H22N/c1-2-13-10-8-12(9-11-13)6-4-3-5-7-12/h1-11H2. The third-order valence-corrected chi connectivity index (χ3v) is 4.15. The van der Waals surface area contributed by atoms with Gasteiger partial charge in [-0.3, -0.25) is 0 Å². The van der Waals surface area contributed by atoms with Crippen LogP contribution in [0, 0.1) is 12.3 Å². The van der Waals surface area contributed by atoms with Crippen LogP contribution in [0.3, 0.4) is 0 Å². The Labute approximate surface area is 82.5 Å². The van der Waals surface area contributed by atoms with Crippen LogP contribution in [0.5, 0.6) is 0 Å². The Kier molecular flexibility index (Phi) is 2.92. The average molecular weight is 180 g/mol. The van der Waals surface area contributed by atoms with Crippen molar-refractivity contribution >= 4 is 0 Å². The van der Waals surface area contributed by atoms with E-state index < -0.39 is 0 Å². The molecular weight excluding hydrogens is 158 g/mol. The molecule has 2 fully saturated rings. The SMILES string of the molecule is [CH2]CN1CCC2(CCCCC2)CC1. The summed E-state index contributed by atoms with van der Waals surface area (Å²) in [5.74, 6) is 0. The summed E-state index contributed by atoms with van der Waals surface area (Å²) in [5.41, 5.74) is 0.768. The lowest BCUT2D eigenvalue weighted by molar-refractivity contribution is 0.0734. The highest BCUT2D eigenvalue weighted by molar-refractivity contribution is 4.88. The normalized spacial score (nSPS) is 29.3. The van der Waals surface area contributed by atoms with Gasteiger partial charge in [0.2, 0.25) is 0 Å². The molecule has 1 heteroatoms. The quantitative estimate of drug-likeness (QED) is 0.600. The third-order valence-electron chi connectivity index (χ3n) is 4.15. The summed E-state index contributed by atoms with van der Waals surface area (Å²) in [7, 11) is 0. The molecule has 0 bridgehead atoms. The van der Waals surface area contributed by atoms with E-state index in [4.69, 9.17) is 0 Å². The second-order valence-corrected chi connectivity index (χ2v) is 4.90. The van der Waals surface area contributed by atoms with E-state index in [0.29, 0.717) is 0 Å². The molecule has 0 N–H and O–H groups in total. The Morgan fingerprint density at radius 2 is 1.54 bits per heavy atom. The molecule has 13 heavy (non-hydrogen) atoms. The maximum Gasteiger partial charge on any atom is -0.00134 e. The van der Waals surface area contributed by atoms with E-state index in [2.05, 4.69) is 11.8 Å². The number of likely N-dealkylation sites (tertiary alicyclic amines) is 1. The molecule has 1 aliphatic carbocycles. The van der Waals surface area contributed by atoms with Crippen molar-refractivity contribution in [1.29, 1.82) is 0 Å². The summed E-state index contributed by atoms with van der Waals surface area (Å²) in [6.07, 6.45) is 10.4. The minimum atomic E-state index is 0.768. The maximum atomic E-state index is 3.97. The van der Waals surface area contributed by atoms with E-state index in [9.17, 15) is 0 Å². The second-order valence-electron chi connectivity index (χ2n) is 4.90. The van der Waals surface area contributed by atoms with Crippen LogP contribution in [0.25, 0.3) is 0 Å². The molecule has 75 valence electrons. The molecule has 1 heterocycles. The molecule has 1 spiro atoms. The zero-order valence-corrected chi connectivity index (χ0v) is 8.73. The van der Waals surface area contributed by atoms with Crippen molar-refractivity contribution in [2.24, 2.45) is 5.41 Å². The van der Waals surface area contributed by atoms with Gasteiger partial charge in [0.1, 0.15) is 0 Å². The molecule has 1 aliphatic heterocycles. The Morgan fingerprint density at radius 1 is 0.923 bits per heavy atom. The number of rotatable bonds is 1. The summed E-state index contributed by atoms with van der Waals surface area (Å²) < 4.78 is 0. The predicted molar refractivity (Wildman–Crippen MR) is 56.5 cm³/mol. The highest BCUT2D eigenvalue weighted by Gasteiger charge is 2.34. The van der Waals surface area contributed by atoms with Gasteiger partial charge in [-0.2, -0.15) is 0 Å². The number of hydrogen-bond donors (Lipinski definition) is 0. The van der Waals surface area contributed by atoms with Crippen LogP contribution >= 0.6 is 0 Å². The first-order valence-corrected chi connectivity index (χ1v) is 5.86. The second kappa shape index (κ2) is 4.00. The van der Waals surface area contributed by atoms with E-state index in [-0.39, 0.29) is 0 Å². The minimum absolute atomic E-state index is 0.768. The van der Waals surface area contributed by atoms with Crippen LogP contribution in [0.15, 0.2) is 0 Å². The van der Waals surface area contributed by atoms with Crippen molar-refractivity contribution in [2.45, 2.75) is 44.9 Å². The molecule has 2 aliphatic rings. The molecule has 1 nitrogen and oxygen atoms in total. The van der Waals surface area contributed by atoms with Crippen molar-refractivity contribution in [2.75, 3.05) is 19.6 Å². The van der Waals surface area contributed by atoms with E-state index in [1.165, 1.54) is 58.0 Å². The topological polar surface area (TPSA) is 3.24 Å². The predicted octanol–water partition coefficient (Wildman–Crippen LogP) is 2.87. The van der Waals surface area contributed by atoms with Gasteiger partial charge in [-0.1, -0.05) is 19.3 Å². The molecule has 1 radical (unpaired) electrons. The van der Waals surface area contributed by atoms with E-state index in [1.807, 2.05) is 0 Å². The van der Waals surface area contributed by atoms with Gasteiger partial charge < -0.3 is 4.90 Å². The average Bonchev–Trinajstić information content (AvgIpc) is 2.20. The smallest absolute Gasteiger partial charge is 0.00134 e. The molecule has 2 rings (SSSR count). The molecule has 0 aromatic carbocycles. The Bertz CT molecular complexity index is 149. The zero-order chi connectivity index (χ0) is 9.15. The summed E-state index contributed by atoms with van der Waals surface area (Å²) in [6, 6.07) is 0. The molecule has 0 atom stereocenters. The number of nitrogens with zero attached hydrogens (tertiary/aromatic N) is 1. The van der Waals surface area contributed by atoms with Gasteiger partial charge in [0.25, 0.3) is 0 Å². The molecule has 0 aromatic heterocycles. The molecule has 0 amide bonds. The number of hydrogen-bond acceptors (Lipinski definition) is 1. The van der Waals surface area contributed by atoms with Gasteiger partial charge in [-0.05, 0) is 57.7 Å². The van der Waals surface area contributed by atoms with E-state index in [0.717, 1.165) is 12.0 Å². The van der Waals surface area contributed by atoms with Crippen LogP contribution in [-0.4, -0.2) is 24.5 Å². The Hall–Kier alpha value is -0.0400. The van der Waals surface area contributed by atoms with E-state index in [1.54, 1.807) is 0 Å². The van der Waals surface area contributed by atoms with Crippen LogP contribution in [0.1, 0.15) is 44.9 Å². The fourth-order valence-electron chi connectivity index (χ4n) is 3.05. The van der Waals surface area contributed by atoms with Crippen molar-refractivity contribution in [3.63, 3.8) is 0 Å². The van der Waals surface area contributed by atoms with Crippen LogP contribution in [-0.2, 0) is 0 Å². The first-order valence-electron chi connectivity index (χ1n) is 5.86. The molecule has 0 unspecified atom stereocenters. The first kappa shape index (κ1) is 9.51. The van der Waals surface area contributed by atoms with Gasteiger partial charge in [0, 0.05) is 0 Å². The van der Waals surface area contributed by atoms with Gasteiger partial charge in [-0.15, -0.1) is 0 Å². The largest absolute Gasteiger partial charge is 0.303 e. The monoisotopic (exact) mass is 180 g/mol. The summed E-state index contributed by atoms with van der Waals surface area (Å²) in [5, 5.41) is 0. The van der Waals surface area contributed by atoms with Crippen molar-refractivity contribution in [3.05, 3.63) is 6.92 Å². The van der Waals surface area contributed by atoms with Gasteiger partial charge >= 0.3 is 0 Å².